The number of hydrogen-bond acceptors (Lipinski definition) is 1. The molecule has 0 aliphatic heterocycles. The third-order valence-electron chi connectivity index (χ3n) is 4.46. The molecule has 0 bridgehead atoms. The first-order valence-corrected chi connectivity index (χ1v) is 9.86. The molecule has 3 aromatic carbocycles. The molecule has 0 spiro atoms. The van der Waals surface area contributed by atoms with Gasteiger partial charge in [-0.25, -0.2) is 0 Å². The van der Waals surface area contributed by atoms with E-state index >= 15 is 0 Å². The molecule has 0 aliphatic rings. The van der Waals surface area contributed by atoms with Gasteiger partial charge < -0.3 is 4.57 Å². The highest BCUT2D eigenvalue weighted by atomic mass is 31.2. The number of alkyl halides is 3. The Morgan fingerprint density at radius 1 is 0.654 bits per heavy atom. The number of halogens is 3. The average molecular weight is 374 g/mol. The fraction of sp³-hybridized carbons (Fsp3) is 0.143. The molecule has 0 saturated heterocycles. The fourth-order valence-electron chi connectivity index (χ4n) is 3.21. The van der Waals surface area contributed by atoms with Gasteiger partial charge >= 0.3 is 6.18 Å². The monoisotopic (exact) mass is 374 g/mol. The summed E-state index contributed by atoms with van der Waals surface area (Å²) in [5.41, 5.74) is 0.557. The van der Waals surface area contributed by atoms with E-state index < -0.39 is 18.9 Å². The summed E-state index contributed by atoms with van der Waals surface area (Å²) in [5.74, 6) is 0. The van der Waals surface area contributed by atoms with Crippen molar-refractivity contribution in [2.75, 3.05) is 0 Å². The van der Waals surface area contributed by atoms with Crippen LogP contribution in [0.15, 0.2) is 72.8 Å². The van der Waals surface area contributed by atoms with Crippen LogP contribution in [0.25, 0.3) is 0 Å². The van der Waals surface area contributed by atoms with Crippen LogP contribution in [-0.4, -0.2) is 0 Å². The van der Waals surface area contributed by atoms with E-state index in [1.807, 2.05) is 0 Å². The lowest BCUT2D eigenvalue weighted by atomic mass is 10.2. The molecule has 1 nitrogen and oxygen atoms in total. The Morgan fingerprint density at radius 2 is 1.04 bits per heavy atom. The summed E-state index contributed by atoms with van der Waals surface area (Å²) >= 11 is 0. The number of aryl methyl sites for hydroxylation is 2. The van der Waals surface area contributed by atoms with Gasteiger partial charge in [0, 0.05) is 15.9 Å². The van der Waals surface area contributed by atoms with Crippen LogP contribution in [0.1, 0.15) is 16.7 Å². The Morgan fingerprint density at radius 3 is 1.46 bits per heavy atom. The Bertz CT molecular complexity index is 943. The summed E-state index contributed by atoms with van der Waals surface area (Å²) in [6.45, 7) is 3.55. The molecule has 5 heteroatoms. The molecule has 0 aromatic heterocycles. The minimum atomic E-state index is -4.59. The van der Waals surface area contributed by atoms with Gasteiger partial charge in [0.2, 0.25) is 0 Å². The molecule has 0 saturated carbocycles. The van der Waals surface area contributed by atoms with Crippen LogP contribution in [0.2, 0.25) is 0 Å². The second-order valence-electron chi connectivity index (χ2n) is 6.20. The van der Waals surface area contributed by atoms with Gasteiger partial charge in [0.05, 0.1) is 5.56 Å². The molecule has 0 fully saturated rings. The van der Waals surface area contributed by atoms with Crippen molar-refractivity contribution in [3.63, 3.8) is 0 Å². The fourth-order valence-corrected chi connectivity index (χ4v) is 6.56. The van der Waals surface area contributed by atoms with E-state index in [-0.39, 0.29) is 5.30 Å². The Labute approximate surface area is 150 Å². The molecule has 0 atom stereocenters. The summed E-state index contributed by atoms with van der Waals surface area (Å²) in [7, 11) is -3.71. The molecule has 0 unspecified atom stereocenters. The Kier molecular flexibility index (Phi) is 4.81. The summed E-state index contributed by atoms with van der Waals surface area (Å²) in [5, 5.41) is 0.702. The van der Waals surface area contributed by atoms with Gasteiger partial charge in [0.15, 0.2) is 7.14 Å². The van der Waals surface area contributed by atoms with Gasteiger partial charge in [-0.1, -0.05) is 66.7 Å². The first kappa shape index (κ1) is 18.5. The highest BCUT2D eigenvalue weighted by molar-refractivity contribution is 7.85. The quantitative estimate of drug-likeness (QED) is 0.592. The van der Waals surface area contributed by atoms with E-state index in [0.717, 1.165) is 6.07 Å². The predicted octanol–water partition coefficient (Wildman–Crippen LogP) is 4.96. The lowest BCUT2D eigenvalue weighted by molar-refractivity contribution is -0.136. The first-order valence-electron chi connectivity index (χ1n) is 8.15. The van der Waals surface area contributed by atoms with Gasteiger partial charge in [0.1, 0.15) is 0 Å². The molecular weight excluding hydrogens is 356 g/mol. The minimum absolute atomic E-state index is 0.170. The molecule has 3 rings (SSSR count). The van der Waals surface area contributed by atoms with Crippen LogP contribution >= 0.6 is 7.14 Å². The van der Waals surface area contributed by atoms with Gasteiger partial charge in [-0.05, 0) is 31.0 Å². The number of hydrogen-bond donors (Lipinski definition) is 0. The van der Waals surface area contributed by atoms with Crippen molar-refractivity contribution in [1.29, 1.82) is 0 Å². The second kappa shape index (κ2) is 6.77. The van der Waals surface area contributed by atoms with Crippen LogP contribution in [0.4, 0.5) is 13.2 Å². The molecule has 26 heavy (non-hydrogen) atoms. The van der Waals surface area contributed by atoms with E-state index in [4.69, 9.17) is 0 Å². The normalized spacial score (nSPS) is 12.2. The highest BCUT2D eigenvalue weighted by Crippen LogP contribution is 2.47. The second-order valence-corrected chi connectivity index (χ2v) is 8.86. The summed E-state index contributed by atoms with van der Waals surface area (Å²) < 4.78 is 55.5. The lowest BCUT2D eigenvalue weighted by Crippen LogP contribution is -2.32. The van der Waals surface area contributed by atoms with E-state index in [0.29, 0.717) is 21.7 Å². The van der Waals surface area contributed by atoms with Crippen molar-refractivity contribution in [1.82, 2.24) is 0 Å². The van der Waals surface area contributed by atoms with E-state index in [2.05, 4.69) is 0 Å². The van der Waals surface area contributed by atoms with E-state index in [1.165, 1.54) is 18.2 Å². The SMILES string of the molecule is Cc1ccccc1P(=O)(c1ccccc1C)c1ccccc1C(F)(F)F. The smallest absolute Gasteiger partial charge is 0.309 e. The molecule has 0 aliphatic carbocycles. The van der Waals surface area contributed by atoms with Crippen molar-refractivity contribution < 1.29 is 17.7 Å². The van der Waals surface area contributed by atoms with Crippen LogP contribution in [0, 0.1) is 13.8 Å². The maximum atomic E-state index is 14.4. The van der Waals surface area contributed by atoms with E-state index in [9.17, 15) is 17.7 Å². The largest absolute Gasteiger partial charge is 0.417 e. The average Bonchev–Trinajstić information content (AvgIpc) is 2.61. The Balaban J connectivity index is 2.45. The highest BCUT2D eigenvalue weighted by Gasteiger charge is 2.41. The zero-order chi connectivity index (χ0) is 18.9. The third-order valence-corrected chi connectivity index (χ3v) is 7.89. The molecule has 0 amide bonds. The van der Waals surface area contributed by atoms with Crippen LogP contribution in [0.5, 0.6) is 0 Å². The zero-order valence-electron chi connectivity index (χ0n) is 14.4. The molecular formula is C21H18F3OP. The van der Waals surface area contributed by atoms with Gasteiger partial charge in [-0.3, -0.25) is 0 Å². The number of rotatable bonds is 3. The zero-order valence-corrected chi connectivity index (χ0v) is 15.3. The van der Waals surface area contributed by atoms with Crippen molar-refractivity contribution in [3.8, 4) is 0 Å². The molecule has 134 valence electrons. The molecule has 0 radical (unpaired) electrons. The van der Waals surface area contributed by atoms with Crippen molar-refractivity contribution >= 4 is 23.1 Å². The van der Waals surface area contributed by atoms with Crippen LogP contribution in [-0.2, 0) is 10.7 Å². The number of benzene rings is 3. The molecule has 0 heterocycles. The van der Waals surface area contributed by atoms with Crippen molar-refractivity contribution in [2.24, 2.45) is 0 Å². The standard InChI is InChI=1S/C21H18F3OP/c1-15-9-3-6-12-18(15)26(25,19-13-7-4-10-16(19)2)20-14-8-5-11-17(20)21(22,23)24/h3-14H,1-2H3. The van der Waals surface area contributed by atoms with Crippen molar-refractivity contribution in [3.05, 3.63) is 89.5 Å². The molecule has 3 aromatic rings. The van der Waals surface area contributed by atoms with Crippen LogP contribution < -0.4 is 15.9 Å². The van der Waals surface area contributed by atoms with Gasteiger partial charge in [-0.2, -0.15) is 13.2 Å². The first-order chi connectivity index (χ1) is 12.3. The minimum Gasteiger partial charge on any atom is -0.309 e. The Hall–Kier alpha value is -2.32. The third kappa shape index (κ3) is 3.10. The van der Waals surface area contributed by atoms with Crippen molar-refractivity contribution in [2.45, 2.75) is 20.0 Å². The van der Waals surface area contributed by atoms with Gasteiger partial charge in [0.25, 0.3) is 0 Å². The lowest BCUT2D eigenvalue weighted by Gasteiger charge is -2.26. The summed E-state index contributed by atoms with van der Waals surface area (Å²) in [6.07, 6.45) is -4.59. The topological polar surface area (TPSA) is 17.1 Å². The van der Waals surface area contributed by atoms with E-state index in [1.54, 1.807) is 62.4 Å². The maximum absolute atomic E-state index is 14.4. The predicted molar refractivity (Wildman–Crippen MR) is 100 cm³/mol. The van der Waals surface area contributed by atoms with Crippen LogP contribution in [0.3, 0.4) is 0 Å². The van der Waals surface area contributed by atoms with Gasteiger partial charge in [-0.15, -0.1) is 0 Å². The molecule has 0 N–H and O–H groups in total. The maximum Gasteiger partial charge on any atom is 0.417 e. The summed E-state index contributed by atoms with van der Waals surface area (Å²) in [6, 6.07) is 19.0. The summed E-state index contributed by atoms with van der Waals surface area (Å²) in [4.78, 5) is 0.